The fourth-order valence-electron chi connectivity index (χ4n) is 4.17. The van der Waals surface area contributed by atoms with Gasteiger partial charge < -0.3 is 5.32 Å². The largest absolute Gasteiger partial charge is 0.401 e. The standard InChI is InChI=1S/C19H27F3N2/c20-19(21,22)14-24-11-10-15(13-24)12-23-18-8-6-17(7-9-18)16-4-2-1-3-5-16/h1-5,15,17-18,23H,6-14H2. The lowest BCUT2D eigenvalue weighted by Gasteiger charge is -2.30. The van der Waals surface area contributed by atoms with E-state index in [9.17, 15) is 13.2 Å². The minimum atomic E-state index is -4.07. The second kappa shape index (κ2) is 7.87. The first-order valence-electron chi connectivity index (χ1n) is 9.07. The lowest BCUT2D eigenvalue weighted by atomic mass is 9.81. The molecule has 1 atom stereocenters. The van der Waals surface area contributed by atoms with Gasteiger partial charge in [-0.2, -0.15) is 13.2 Å². The topological polar surface area (TPSA) is 15.3 Å². The maximum Gasteiger partial charge on any atom is 0.401 e. The second-order valence-electron chi connectivity index (χ2n) is 7.37. The van der Waals surface area contributed by atoms with Crippen LogP contribution in [-0.4, -0.2) is 43.3 Å². The third-order valence-corrected chi connectivity index (χ3v) is 5.47. The van der Waals surface area contributed by atoms with Crippen molar-refractivity contribution in [2.75, 3.05) is 26.2 Å². The molecule has 5 heteroatoms. The van der Waals surface area contributed by atoms with E-state index >= 15 is 0 Å². The van der Waals surface area contributed by atoms with Crippen LogP contribution in [0.15, 0.2) is 30.3 Å². The van der Waals surface area contributed by atoms with E-state index in [1.807, 2.05) is 0 Å². The fourth-order valence-corrected chi connectivity index (χ4v) is 4.17. The summed E-state index contributed by atoms with van der Waals surface area (Å²) in [5.74, 6) is 1.03. The first kappa shape index (κ1) is 17.7. The highest BCUT2D eigenvalue weighted by atomic mass is 19.4. The Labute approximate surface area is 142 Å². The highest BCUT2D eigenvalue weighted by Gasteiger charge is 2.34. The van der Waals surface area contributed by atoms with Crippen LogP contribution in [-0.2, 0) is 0 Å². The molecule has 1 aromatic rings. The molecule has 2 fully saturated rings. The summed E-state index contributed by atoms with van der Waals surface area (Å²) in [7, 11) is 0. The molecule has 0 bridgehead atoms. The van der Waals surface area contributed by atoms with Crippen molar-refractivity contribution in [1.29, 1.82) is 0 Å². The number of benzene rings is 1. The normalized spacial score (nSPS) is 29.0. The lowest BCUT2D eigenvalue weighted by molar-refractivity contribution is -0.143. The first-order chi connectivity index (χ1) is 11.5. The van der Waals surface area contributed by atoms with Crippen LogP contribution in [0.5, 0.6) is 0 Å². The maximum absolute atomic E-state index is 12.4. The number of hydrogen-bond acceptors (Lipinski definition) is 2. The molecule has 3 rings (SSSR count). The molecule has 24 heavy (non-hydrogen) atoms. The van der Waals surface area contributed by atoms with Gasteiger partial charge in [0.05, 0.1) is 6.54 Å². The van der Waals surface area contributed by atoms with Crippen LogP contribution in [0.1, 0.15) is 43.6 Å². The average molecular weight is 340 g/mol. The number of likely N-dealkylation sites (tertiary alicyclic amines) is 1. The van der Waals surface area contributed by atoms with Crippen molar-refractivity contribution in [3.05, 3.63) is 35.9 Å². The van der Waals surface area contributed by atoms with Gasteiger partial charge in [0.1, 0.15) is 0 Å². The van der Waals surface area contributed by atoms with Crippen molar-refractivity contribution in [2.45, 2.75) is 50.2 Å². The van der Waals surface area contributed by atoms with E-state index in [1.54, 1.807) is 4.90 Å². The van der Waals surface area contributed by atoms with Crippen LogP contribution < -0.4 is 5.32 Å². The zero-order valence-corrected chi connectivity index (χ0v) is 14.1. The van der Waals surface area contributed by atoms with Crippen LogP contribution in [0.3, 0.4) is 0 Å². The predicted octanol–water partition coefficient (Wildman–Crippen LogP) is 4.19. The van der Waals surface area contributed by atoms with Crippen molar-refractivity contribution >= 4 is 0 Å². The van der Waals surface area contributed by atoms with E-state index in [0.29, 0.717) is 31.0 Å². The van der Waals surface area contributed by atoms with E-state index in [0.717, 1.165) is 13.0 Å². The highest BCUT2D eigenvalue weighted by molar-refractivity contribution is 5.20. The highest BCUT2D eigenvalue weighted by Crippen LogP contribution is 2.33. The van der Waals surface area contributed by atoms with Crippen molar-refractivity contribution in [1.82, 2.24) is 10.2 Å². The molecule has 1 saturated carbocycles. The number of nitrogens with one attached hydrogen (secondary N) is 1. The molecule has 2 nitrogen and oxygen atoms in total. The Kier molecular flexibility index (Phi) is 5.82. The van der Waals surface area contributed by atoms with Gasteiger partial charge in [-0.05, 0) is 62.6 Å². The Hall–Kier alpha value is -1.07. The van der Waals surface area contributed by atoms with Crippen molar-refractivity contribution in [3.8, 4) is 0 Å². The molecule has 1 heterocycles. The van der Waals surface area contributed by atoms with Gasteiger partial charge in [0.2, 0.25) is 0 Å². The van der Waals surface area contributed by atoms with Crippen LogP contribution in [0.25, 0.3) is 0 Å². The van der Waals surface area contributed by atoms with Gasteiger partial charge >= 0.3 is 6.18 Å². The molecule has 1 aliphatic heterocycles. The Morgan fingerprint density at radius 3 is 2.38 bits per heavy atom. The Morgan fingerprint density at radius 1 is 1.00 bits per heavy atom. The van der Waals surface area contributed by atoms with Crippen molar-refractivity contribution in [2.24, 2.45) is 5.92 Å². The van der Waals surface area contributed by atoms with E-state index < -0.39 is 12.7 Å². The summed E-state index contributed by atoms with van der Waals surface area (Å²) in [6.45, 7) is 1.25. The molecular weight excluding hydrogens is 313 g/mol. The van der Waals surface area contributed by atoms with Gasteiger partial charge in [0.25, 0.3) is 0 Å². The van der Waals surface area contributed by atoms with Gasteiger partial charge in [-0.1, -0.05) is 30.3 Å². The molecule has 134 valence electrons. The van der Waals surface area contributed by atoms with Gasteiger partial charge in [-0.3, -0.25) is 4.90 Å². The number of alkyl halides is 3. The maximum atomic E-state index is 12.4. The van der Waals surface area contributed by atoms with E-state index in [1.165, 1.54) is 31.2 Å². The molecule has 2 aliphatic rings. The SMILES string of the molecule is FC(F)(F)CN1CCC(CNC2CCC(c3ccccc3)CC2)C1. The molecule has 0 amide bonds. The van der Waals surface area contributed by atoms with E-state index in [2.05, 4.69) is 35.6 Å². The predicted molar refractivity (Wildman–Crippen MR) is 90.0 cm³/mol. The summed E-state index contributed by atoms with van der Waals surface area (Å²) < 4.78 is 37.3. The lowest BCUT2D eigenvalue weighted by Crippen LogP contribution is -2.37. The van der Waals surface area contributed by atoms with Crippen LogP contribution in [0.4, 0.5) is 13.2 Å². The van der Waals surface area contributed by atoms with Crippen LogP contribution >= 0.6 is 0 Å². The minimum absolute atomic E-state index is 0.360. The summed E-state index contributed by atoms with van der Waals surface area (Å²) in [5.41, 5.74) is 1.44. The first-order valence-corrected chi connectivity index (χ1v) is 9.07. The molecule has 1 aromatic carbocycles. The van der Waals surface area contributed by atoms with Gasteiger partial charge in [-0.15, -0.1) is 0 Å². The van der Waals surface area contributed by atoms with E-state index in [-0.39, 0.29) is 0 Å². The average Bonchev–Trinajstić information content (AvgIpc) is 3.00. The minimum Gasteiger partial charge on any atom is -0.314 e. The second-order valence-corrected chi connectivity index (χ2v) is 7.37. The zero-order chi connectivity index (χ0) is 17.0. The number of rotatable bonds is 5. The zero-order valence-electron chi connectivity index (χ0n) is 14.1. The summed E-state index contributed by atoms with van der Waals surface area (Å²) in [5, 5.41) is 3.61. The summed E-state index contributed by atoms with van der Waals surface area (Å²) in [6.07, 6.45) is 1.54. The smallest absolute Gasteiger partial charge is 0.314 e. The quantitative estimate of drug-likeness (QED) is 0.865. The Bertz CT molecular complexity index is 495. The third kappa shape index (κ3) is 5.21. The molecule has 0 spiro atoms. The molecule has 1 unspecified atom stereocenters. The molecule has 0 radical (unpaired) electrons. The summed E-state index contributed by atoms with van der Waals surface area (Å²) in [4.78, 5) is 1.54. The Balaban J connectivity index is 1.36. The molecular formula is C19H27F3N2. The molecule has 1 aliphatic carbocycles. The van der Waals surface area contributed by atoms with Gasteiger partial charge in [-0.25, -0.2) is 0 Å². The molecule has 1 N–H and O–H groups in total. The fraction of sp³-hybridized carbons (Fsp3) is 0.684. The van der Waals surface area contributed by atoms with Crippen LogP contribution in [0.2, 0.25) is 0 Å². The number of hydrogen-bond donors (Lipinski definition) is 1. The summed E-state index contributed by atoms with van der Waals surface area (Å²) >= 11 is 0. The van der Waals surface area contributed by atoms with Crippen molar-refractivity contribution in [3.63, 3.8) is 0 Å². The monoisotopic (exact) mass is 340 g/mol. The molecule has 0 aromatic heterocycles. The summed E-state index contributed by atoms with van der Waals surface area (Å²) in [6, 6.07) is 11.2. The van der Waals surface area contributed by atoms with Gasteiger partial charge in [0, 0.05) is 12.6 Å². The van der Waals surface area contributed by atoms with Gasteiger partial charge in [0.15, 0.2) is 0 Å². The third-order valence-electron chi connectivity index (χ3n) is 5.47. The van der Waals surface area contributed by atoms with Crippen molar-refractivity contribution < 1.29 is 13.2 Å². The Morgan fingerprint density at radius 2 is 1.71 bits per heavy atom. The van der Waals surface area contributed by atoms with Crippen LogP contribution in [0, 0.1) is 5.92 Å². The number of halogens is 3. The van der Waals surface area contributed by atoms with E-state index in [4.69, 9.17) is 0 Å². The molecule has 1 saturated heterocycles. The number of nitrogens with zero attached hydrogens (tertiary/aromatic N) is 1.